The van der Waals surface area contributed by atoms with E-state index in [1.807, 2.05) is 41.9 Å². The van der Waals surface area contributed by atoms with Crippen LogP contribution in [0.3, 0.4) is 0 Å². The molecule has 8 heteroatoms. The third-order valence-corrected chi connectivity index (χ3v) is 4.47. The van der Waals surface area contributed by atoms with Crippen molar-refractivity contribution in [2.75, 3.05) is 0 Å². The average molecular weight is 347 g/mol. The highest BCUT2D eigenvalue weighted by atomic mass is 35.5. The molecule has 0 aliphatic heterocycles. The van der Waals surface area contributed by atoms with Crippen LogP contribution in [-0.2, 0) is 12.0 Å². The lowest BCUT2D eigenvalue weighted by molar-refractivity contribution is 0.229. The Morgan fingerprint density at radius 1 is 1.25 bits per heavy atom. The minimum Gasteiger partial charge on any atom is -0.339 e. The van der Waals surface area contributed by atoms with Gasteiger partial charge in [0.05, 0.1) is 29.0 Å². The molecule has 1 saturated carbocycles. The van der Waals surface area contributed by atoms with Gasteiger partial charge in [0.1, 0.15) is 0 Å². The van der Waals surface area contributed by atoms with Crippen molar-refractivity contribution in [2.45, 2.75) is 38.1 Å². The van der Waals surface area contributed by atoms with Gasteiger partial charge in [-0.05, 0) is 38.3 Å². The van der Waals surface area contributed by atoms with Crippen molar-refractivity contribution < 1.29 is 4.52 Å². The number of aromatic nitrogens is 5. The predicted molar refractivity (Wildman–Crippen MR) is 90.2 cm³/mol. The van der Waals surface area contributed by atoms with Crippen molar-refractivity contribution in [3.63, 3.8) is 0 Å². The summed E-state index contributed by atoms with van der Waals surface area (Å²) in [6.45, 7) is 1.98. The molecule has 3 aromatic rings. The molecular formula is C16H19ClN6O. The fourth-order valence-corrected chi connectivity index (χ4v) is 2.79. The van der Waals surface area contributed by atoms with E-state index in [9.17, 15) is 0 Å². The summed E-state index contributed by atoms with van der Waals surface area (Å²) in [5.41, 5.74) is 8.58. The number of hydrogen-bond acceptors (Lipinski definition) is 6. The Bertz CT molecular complexity index is 824. The maximum absolute atomic E-state index is 6.22. The third-order valence-electron chi connectivity index (χ3n) is 4.47. The zero-order valence-corrected chi connectivity index (χ0v) is 14.2. The number of hydrogen-bond donors (Lipinski definition) is 1. The van der Waals surface area contributed by atoms with Crippen molar-refractivity contribution in [1.29, 1.82) is 0 Å². The van der Waals surface area contributed by atoms with E-state index >= 15 is 0 Å². The molecule has 0 bridgehead atoms. The van der Waals surface area contributed by atoms with Gasteiger partial charge in [-0.15, -0.1) is 17.5 Å². The van der Waals surface area contributed by atoms with Gasteiger partial charge in [0, 0.05) is 0 Å². The van der Waals surface area contributed by atoms with Crippen LogP contribution in [0.15, 0.2) is 34.9 Å². The van der Waals surface area contributed by atoms with Gasteiger partial charge < -0.3 is 10.3 Å². The Kier molecular flexibility index (Phi) is 4.38. The van der Waals surface area contributed by atoms with Gasteiger partial charge in [-0.2, -0.15) is 4.98 Å². The van der Waals surface area contributed by atoms with E-state index in [0.29, 0.717) is 18.1 Å². The van der Waals surface area contributed by atoms with Crippen molar-refractivity contribution in [2.24, 2.45) is 5.73 Å². The minimum atomic E-state index is -0.404. The van der Waals surface area contributed by atoms with Gasteiger partial charge in [-0.25, -0.2) is 4.68 Å². The van der Waals surface area contributed by atoms with E-state index in [1.54, 1.807) is 0 Å². The van der Waals surface area contributed by atoms with Crippen molar-refractivity contribution in [1.82, 2.24) is 25.1 Å². The van der Waals surface area contributed by atoms with Crippen molar-refractivity contribution >= 4 is 12.4 Å². The molecule has 0 unspecified atom stereocenters. The second-order valence-electron chi connectivity index (χ2n) is 6.07. The third kappa shape index (κ3) is 2.81. The Morgan fingerprint density at radius 3 is 2.67 bits per heavy atom. The monoisotopic (exact) mass is 346 g/mol. The van der Waals surface area contributed by atoms with Crippen LogP contribution >= 0.6 is 12.4 Å². The second-order valence-corrected chi connectivity index (χ2v) is 6.07. The van der Waals surface area contributed by atoms with Gasteiger partial charge in [-0.3, -0.25) is 0 Å². The summed E-state index contributed by atoms with van der Waals surface area (Å²) < 4.78 is 7.15. The maximum Gasteiger partial charge on any atom is 0.232 e. The van der Waals surface area contributed by atoms with E-state index in [-0.39, 0.29) is 12.4 Å². The summed E-state index contributed by atoms with van der Waals surface area (Å²) in [6, 6.07) is 9.90. The van der Waals surface area contributed by atoms with Crippen LogP contribution < -0.4 is 5.73 Å². The molecule has 2 heterocycles. The van der Waals surface area contributed by atoms with Crippen LogP contribution in [0.1, 0.15) is 42.4 Å². The topological polar surface area (TPSA) is 95.7 Å². The molecular weight excluding hydrogens is 328 g/mol. The summed E-state index contributed by atoms with van der Waals surface area (Å²) in [4.78, 5) is 4.44. The molecule has 0 amide bonds. The molecule has 2 aromatic heterocycles. The van der Waals surface area contributed by atoms with Crippen molar-refractivity contribution in [3.05, 3.63) is 53.4 Å². The lowest BCUT2D eigenvalue weighted by atomic mass is 9.77. The first-order valence-corrected chi connectivity index (χ1v) is 7.74. The lowest BCUT2D eigenvalue weighted by Gasteiger charge is -2.34. The van der Waals surface area contributed by atoms with Crippen LogP contribution in [0.25, 0.3) is 5.69 Å². The average Bonchev–Trinajstić information content (AvgIpc) is 3.14. The molecule has 1 fully saturated rings. The van der Waals surface area contributed by atoms with E-state index in [1.165, 1.54) is 0 Å². The van der Waals surface area contributed by atoms with Crippen LogP contribution in [0.5, 0.6) is 0 Å². The fraction of sp³-hybridized carbons (Fsp3) is 0.375. The first-order chi connectivity index (χ1) is 11.2. The highest BCUT2D eigenvalue weighted by molar-refractivity contribution is 5.85. The Balaban J connectivity index is 0.00000169. The molecule has 2 N–H and O–H groups in total. The van der Waals surface area contributed by atoms with E-state index < -0.39 is 5.54 Å². The number of nitrogens with two attached hydrogens (primary N) is 1. The van der Waals surface area contributed by atoms with Crippen LogP contribution in [0.4, 0.5) is 0 Å². The molecule has 1 aliphatic rings. The van der Waals surface area contributed by atoms with Crippen LogP contribution in [0, 0.1) is 6.92 Å². The summed E-state index contributed by atoms with van der Waals surface area (Å²) >= 11 is 0. The molecule has 126 valence electrons. The number of para-hydroxylation sites is 1. The summed E-state index contributed by atoms with van der Waals surface area (Å²) in [5.74, 6) is 1.13. The molecule has 4 rings (SSSR count). The molecule has 0 saturated heterocycles. The predicted octanol–water partition coefficient (Wildman–Crippen LogP) is 2.31. The second kappa shape index (κ2) is 6.33. The van der Waals surface area contributed by atoms with Gasteiger partial charge >= 0.3 is 0 Å². The zero-order valence-electron chi connectivity index (χ0n) is 13.3. The van der Waals surface area contributed by atoms with E-state index in [0.717, 1.165) is 36.3 Å². The van der Waals surface area contributed by atoms with Crippen molar-refractivity contribution in [3.8, 4) is 5.69 Å². The molecule has 7 nitrogen and oxygen atoms in total. The largest absolute Gasteiger partial charge is 0.339 e. The van der Waals surface area contributed by atoms with Gasteiger partial charge in [0.2, 0.25) is 5.89 Å². The van der Waals surface area contributed by atoms with Gasteiger partial charge in [0.25, 0.3) is 0 Å². The van der Waals surface area contributed by atoms with Gasteiger partial charge in [-0.1, -0.05) is 28.6 Å². The molecule has 1 aliphatic carbocycles. The SMILES string of the molecule is Cc1c(Cc2nc(C3(N)CCC3)no2)nnn1-c1ccccc1.Cl. The van der Waals surface area contributed by atoms with Gasteiger partial charge in [0.15, 0.2) is 5.82 Å². The number of halogens is 1. The van der Waals surface area contributed by atoms with E-state index in [2.05, 4.69) is 20.5 Å². The van der Waals surface area contributed by atoms with Crippen LogP contribution in [0.2, 0.25) is 0 Å². The smallest absolute Gasteiger partial charge is 0.232 e. The normalized spacial score (nSPS) is 15.6. The molecule has 0 radical (unpaired) electrons. The molecule has 24 heavy (non-hydrogen) atoms. The number of nitrogens with zero attached hydrogens (tertiary/aromatic N) is 5. The first kappa shape index (κ1) is 16.6. The first-order valence-electron chi connectivity index (χ1n) is 7.74. The molecule has 0 spiro atoms. The van der Waals surface area contributed by atoms with Crippen LogP contribution in [-0.4, -0.2) is 25.1 Å². The highest BCUT2D eigenvalue weighted by Gasteiger charge is 2.39. The quantitative estimate of drug-likeness (QED) is 0.778. The maximum atomic E-state index is 6.22. The molecule has 0 atom stereocenters. The number of rotatable bonds is 4. The summed E-state index contributed by atoms with van der Waals surface area (Å²) in [6.07, 6.45) is 3.40. The summed E-state index contributed by atoms with van der Waals surface area (Å²) in [5, 5.41) is 12.5. The Morgan fingerprint density at radius 2 is 2.00 bits per heavy atom. The lowest BCUT2D eigenvalue weighted by Crippen LogP contribution is -2.44. The summed E-state index contributed by atoms with van der Waals surface area (Å²) in [7, 11) is 0. The fourth-order valence-electron chi connectivity index (χ4n) is 2.79. The molecule has 1 aromatic carbocycles. The Hall–Kier alpha value is -2.25. The Labute approximate surface area is 145 Å². The van der Waals surface area contributed by atoms with E-state index in [4.69, 9.17) is 10.3 Å². The highest BCUT2D eigenvalue weighted by Crippen LogP contribution is 2.36. The number of benzene rings is 1. The minimum absolute atomic E-state index is 0. The zero-order chi connectivity index (χ0) is 15.9. The standard InChI is InChI=1S/C16H18N6O.ClH/c1-11-13(19-21-22(11)12-6-3-2-4-7-12)10-14-18-15(20-23-14)16(17)8-5-9-16;/h2-4,6-7H,5,8-10,17H2,1H3;1H.